The zero-order valence-corrected chi connectivity index (χ0v) is 23.0. The number of aliphatic hydroxyl groups is 2. The van der Waals surface area contributed by atoms with Crippen LogP contribution in [0.1, 0.15) is 25.8 Å². The van der Waals surface area contributed by atoms with E-state index in [1.165, 1.54) is 0 Å². The van der Waals surface area contributed by atoms with Crippen LogP contribution in [0.2, 0.25) is 5.02 Å². The average molecular weight is 560 g/mol. The normalized spacial score (nSPS) is 17.5. The van der Waals surface area contributed by atoms with Gasteiger partial charge in [-0.25, -0.2) is 9.67 Å². The third-order valence-corrected chi connectivity index (χ3v) is 7.11. The van der Waals surface area contributed by atoms with Crippen LogP contribution in [0.4, 0.5) is 0 Å². The Labute approximate surface area is 236 Å². The summed E-state index contributed by atoms with van der Waals surface area (Å²) >= 11 is 6.60. The smallest absolute Gasteiger partial charge is 0.296 e. The molecule has 6 rings (SSSR count). The van der Waals surface area contributed by atoms with E-state index >= 15 is 0 Å². The van der Waals surface area contributed by atoms with Crippen molar-refractivity contribution in [3.8, 4) is 34.1 Å². The van der Waals surface area contributed by atoms with Gasteiger partial charge in [0.2, 0.25) is 0 Å². The summed E-state index contributed by atoms with van der Waals surface area (Å²) in [4.78, 5) is 12.3. The van der Waals surface area contributed by atoms with Crippen LogP contribution < -0.4 is 4.74 Å². The van der Waals surface area contributed by atoms with Gasteiger partial charge in [-0.3, -0.25) is 0 Å². The van der Waals surface area contributed by atoms with Gasteiger partial charge in [0.15, 0.2) is 5.65 Å². The molecule has 0 radical (unpaired) electrons. The molecule has 0 saturated carbocycles. The number of aliphatic hydroxyl groups excluding tert-OH is 1. The van der Waals surface area contributed by atoms with Crippen LogP contribution in [0, 0.1) is 0 Å². The van der Waals surface area contributed by atoms with Gasteiger partial charge >= 0.3 is 0 Å². The number of aromatic nitrogens is 5. The largest absolute Gasteiger partial charge is 0.459 e. The number of rotatable bonds is 8. The van der Waals surface area contributed by atoms with E-state index < -0.39 is 5.60 Å². The van der Waals surface area contributed by atoms with Gasteiger partial charge in [0.25, 0.3) is 6.01 Å². The summed E-state index contributed by atoms with van der Waals surface area (Å²) < 4.78 is 13.2. The first kappa shape index (κ1) is 26.5. The Kier molecular flexibility index (Phi) is 7.06. The Bertz CT molecular complexity index is 1620. The van der Waals surface area contributed by atoms with Crippen LogP contribution in [0.3, 0.4) is 0 Å². The second kappa shape index (κ2) is 10.7. The van der Waals surface area contributed by atoms with E-state index in [9.17, 15) is 10.2 Å². The molecular weight excluding hydrogens is 530 g/mol. The zero-order valence-electron chi connectivity index (χ0n) is 22.2. The molecule has 4 heterocycles. The first-order valence-corrected chi connectivity index (χ1v) is 13.5. The van der Waals surface area contributed by atoms with E-state index in [4.69, 9.17) is 26.1 Å². The van der Waals surface area contributed by atoms with Gasteiger partial charge in [-0.1, -0.05) is 48.0 Å². The second-order valence-electron chi connectivity index (χ2n) is 10.8. The van der Waals surface area contributed by atoms with Gasteiger partial charge in [0.05, 0.1) is 53.0 Å². The maximum Gasteiger partial charge on any atom is 0.296 e. The van der Waals surface area contributed by atoms with Crippen LogP contribution in [-0.2, 0) is 11.2 Å². The molecule has 40 heavy (non-hydrogen) atoms. The van der Waals surface area contributed by atoms with Crippen molar-refractivity contribution < 1.29 is 19.7 Å². The lowest BCUT2D eigenvalue weighted by Gasteiger charge is -2.14. The Hall–Kier alpha value is -3.76. The summed E-state index contributed by atoms with van der Waals surface area (Å²) in [5.74, 6) is 0. The highest BCUT2D eigenvalue weighted by Crippen LogP contribution is 2.32. The predicted octanol–water partition coefficient (Wildman–Crippen LogP) is 4.97. The van der Waals surface area contributed by atoms with Crippen molar-refractivity contribution in [1.82, 2.24) is 24.7 Å². The molecule has 9 nitrogen and oxygen atoms in total. The fourth-order valence-corrected chi connectivity index (χ4v) is 5.17. The third kappa shape index (κ3) is 5.73. The summed E-state index contributed by atoms with van der Waals surface area (Å²) in [7, 11) is 0. The fraction of sp³-hybridized carbons (Fsp3) is 0.300. The van der Waals surface area contributed by atoms with Crippen LogP contribution in [0.15, 0.2) is 67.0 Å². The van der Waals surface area contributed by atoms with E-state index in [1.807, 2.05) is 47.3 Å². The number of hydrogen-bond acceptors (Lipinski definition) is 7. The van der Waals surface area contributed by atoms with Crippen molar-refractivity contribution in [2.75, 3.05) is 13.2 Å². The number of halogens is 1. The first-order chi connectivity index (χ1) is 19.2. The molecule has 0 aliphatic carbocycles. The number of H-pyrrole nitrogens is 1. The molecule has 10 heteroatoms. The second-order valence-corrected chi connectivity index (χ2v) is 11.2. The van der Waals surface area contributed by atoms with Crippen molar-refractivity contribution >= 4 is 22.8 Å². The average Bonchev–Trinajstić information content (AvgIpc) is 3.67. The number of nitrogens with one attached hydrogen (secondary N) is 1. The van der Waals surface area contributed by atoms with E-state index in [-0.39, 0.29) is 18.8 Å². The summed E-state index contributed by atoms with van der Waals surface area (Å²) in [5, 5.41) is 24.3. The van der Waals surface area contributed by atoms with Gasteiger partial charge < -0.3 is 24.7 Å². The topological polar surface area (TPSA) is 118 Å². The molecule has 0 bridgehead atoms. The molecule has 206 valence electrons. The Morgan fingerprint density at radius 3 is 2.45 bits per heavy atom. The molecule has 1 aliphatic rings. The van der Waals surface area contributed by atoms with Crippen molar-refractivity contribution in [3.63, 3.8) is 0 Å². The zero-order chi connectivity index (χ0) is 27.9. The van der Waals surface area contributed by atoms with Crippen molar-refractivity contribution in [2.24, 2.45) is 0 Å². The van der Waals surface area contributed by atoms with E-state index in [0.717, 1.165) is 27.9 Å². The highest BCUT2D eigenvalue weighted by molar-refractivity contribution is 6.33. The maximum absolute atomic E-state index is 10.1. The van der Waals surface area contributed by atoms with Crippen LogP contribution in [0.25, 0.3) is 39.2 Å². The SMILES string of the molecule is CC(C)(O)Cc1cnn(-c2ccc(-c3ccc(-c4nc5nc(OC6COC(CO)C6)[nH]c5cc4Cl)cc3)cc2)c1. The van der Waals surface area contributed by atoms with Crippen molar-refractivity contribution in [1.29, 1.82) is 0 Å². The molecule has 1 saturated heterocycles. The third-order valence-electron chi connectivity index (χ3n) is 6.83. The molecule has 0 amide bonds. The Balaban J connectivity index is 1.17. The van der Waals surface area contributed by atoms with Gasteiger partial charge in [-0.2, -0.15) is 10.1 Å². The summed E-state index contributed by atoms with van der Waals surface area (Å²) in [6.07, 6.45) is 4.50. The summed E-state index contributed by atoms with van der Waals surface area (Å²) in [6.45, 7) is 3.96. The lowest BCUT2D eigenvalue weighted by molar-refractivity contribution is 0.0528. The van der Waals surface area contributed by atoms with Crippen LogP contribution >= 0.6 is 11.6 Å². The number of fused-ring (bicyclic) bond motifs is 1. The number of imidazole rings is 1. The molecule has 0 spiro atoms. The van der Waals surface area contributed by atoms with Gasteiger partial charge in [-0.15, -0.1) is 0 Å². The molecule has 1 aliphatic heterocycles. The summed E-state index contributed by atoms with van der Waals surface area (Å²) in [6, 6.07) is 18.4. The number of ether oxygens (including phenoxy) is 2. The number of nitrogens with zero attached hydrogens (tertiary/aromatic N) is 4. The highest BCUT2D eigenvalue weighted by Gasteiger charge is 2.27. The molecule has 2 unspecified atom stereocenters. The van der Waals surface area contributed by atoms with Crippen LogP contribution in [-0.4, -0.2) is 66.0 Å². The van der Waals surface area contributed by atoms with Gasteiger partial charge in [0.1, 0.15) is 6.10 Å². The standard InChI is InChI=1S/C30H30ClN5O4/c1-30(2,38)13-18-14-32-36(15-18)22-9-7-20(8-10-22)19-3-5-21(6-4-19)27-25(31)12-26-28(34-27)35-29(33-26)40-24-11-23(16-37)39-17-24/h3-10,12,14-15,23-24,37-38H,11,13,16-17H2,1-2H3,(H,33,34,35). The minimum absolute atomic E-state index is 0.0263. The van der Waals surface area contributed by atoms with E-state index in [1.54, 1.807) is 26.1 Å². The predicted molar refractivity (Wildman–Crippen MR) is 153 cm³/mol. The molecule has 3 N–H and O–H groups in total. The Morgan fingerprint density at radius 2 is 1.77 bits per heavy atom. The first-order valence-electron chi connectivity index (χ1n) is 13.2. The van der Waals surface area contributed by atoms with Crippen molar-refractivity contribution in [2.45, 2.75) is 44.5 Å². The number of aromatic amines is 1. The fourth-order valence-electron chi connectivity index (χ4n) is 4.91. The van der Waals surface area contributed by atoms with Gasteiger partial charge in [0, 0.05) is 24.6 Å². The highest BCUT2D eigenvalue weighted by atomic mass is 35.5. The maximum atomic E-state index is 10.1. The van der Waals surface area contributed by atoms with Gasteiger partial charge in [-0.05, 0) is 48.7 Å². The number of benzene rings is 2. The van der Waals surface area contributed by atoms with E-state index in [2.05, 4.69) is 27.2 Å². The molecule has 3 aromatic heterocycles. The number of hydrogen-bond donors (Lipinski definition) is 3. The molecule has 1 fully saturated rings. The molecule has 5 aromatic rings. The minimum Gasteiger partial charge on any atom is -0.459 e. The van der Waals surface area contributed by atoms with Crippen LogP contribution in [0.5, 0.6) is 6.01 Å². The molecular formula is C30H30ClN5O4. The summed E-state index contributed by atoms with van der Waals surface area (Å²) in [5.41, 5.74) is 5.99. The molecule has 2 aromatic carbocycles. The Morgan fingerprint density at radius 1 is 1.07 bits per heavy atom. The minimum atomic E-state index is -0.777. The van der Waals surface area contributed by atoms with E-state index in [0.29, 0.717) is 47.3 Å². The lowest BCUT2D eigenvalue weighted by Crippen LogP contribution is -2.21. The lowest BCUT2D eigenvalue weighted by atomic mass is 10.0. The van der Waals surface area contributed by atoms with Crippen molar-refractivity contribution in [3.05, 3.63) is 77.6 Å². The number of pyridine rings is 1. The monoisotopic (exact) mass is 559 g/mol. The molecule has 2 atom stereocenters. The quantitative estimate of drug-likeness (QED) is 0.245.